The van der Waals surface area contributed by atoms with Gasteiger partial charge in [-0.1, -0.05) is 11.6 Å². The zero-order chi connectivity index (χ0) is 14.9. The zero-order valence-corrected chi connectivity index (χ0v) is 13.8. The maximum absolute atomic E-state index is 9.63. The summed E-state index contributed by atoms with van der Waals surface area (Å²) in [5.74, 6) is -0.456. The number of nitrogens with zero attached hydrogens (tertiary/aromatic N) is 1. The smallest absolute Gasteiger partial charge is 0.168 e. The van der Waals surface area contributed by atoms with Crippen molar-refractivity contribution >= 4 is 33.2 Å². The van der Waals surface area contributed by atoms with Gasteiger partial charge in [0.15, 0.2) is 5.79 Å². The van der Waals surface area contributed by atoms with Crippen molar-refractivity contribution in [2.45, 2.75) is 37.0 Å². The van der Waals surface area contributed by atoms with Crippen molar-refractivity contribution in [2.75, 3.05) is 18.5 Å². The van der Waals surface area contributed by atoms with E-state index < -0.39 is 11.3 Å². The second-order valence-electron chi connectivity index (χ2n) is 5.56. The zero-order valence-electron chi connectivity index (χ0n) is 11.5. The molecular weight excluding hydrogens is 356 g/mol. The summed E-state index contributed by atoms with van der Waals surface area (Å²) in [6.45, 7) is 1.30. The van der Waals surface area contributed by atoms with Gasteiger partial charge >= 0.3 is 0 Å². The molecule has 0 radical (unpaired) electrons. The SMILES string of the molecule is N#CC1(Nc2ccc(Cl)c(Br)c2)CCC2(CC1)OCCO2. The maximum Gasteiger partial charge on any atom is 0.168 e. The molecule has 21 heavy (non-hydrogen) atoms. The molecule has 1 heterocycles. The molecule has 6 heteroatoms. The van der Waals surface area contributed by atoms with Crippen molar-refractivity contribution < 1.29 is 9.47 Å². The number of rotatable bonds is 2. The number of benzene rings is 1. The molecule has 3 rings (SSSR count). The van der Waals surface area contributed by atoms with E-state index in [1.54, 1.807) is 0 Å². The summed E-state index contributed by atoms with van der Waals surface area (Å²) >= 11 is 9.41. The van der Waals surface area contributed by atoms with Crippen molar-refractivity contribution in [3.05, 3.63) is 27.7 Å². The standard InChI is InChI=1S/C15H16BrClN2O2/c16-12-9-11(1-2-13(12)17)19-14(10-18)3-5-15(6-4-14)20-7-8-21-15/h1-2,9,19H,3-8H2. The minimum Gasteiger partial charge on any atom is -0.367 e. The Morgan fingerprint density at radius 2 is 1.86 bits per heavy atom. The van der Waals surface area contributed by atoms with Crippen LogP contribution in [0.3, 0.4) is 0 Å². The highest BCUT2D eigenvalue weighted by molar-refractivity contribution is 9.10. The fraction of sp³-hybridized carbons (Fsp3) is 0.533. The lowest BCUT2D eigenvalue weighted by atomic mass is 9.79. The molecule has 1 aliphatic heterocycles. The van der Waals surface area contributed by atoms with E-state index in [0.29, 0.717) is 31.1 Å². The average molecular weight is 372 g/mol. The molecule has 1 aromatic carbocycles. The second kappa shape index (κ2) is 5.77. The van der Waals surface area contributed by atoms with Crippen molar-refractivity contribution in [3.63, 3.8) is 0 Å². The number of ether oxygens (including phenoxy) is 2. The van der Waals surface area contributed by atoms with Gasteiger partial charge in [-0.25, -0.2) is 0 Å². The van der Waals surface area contributed by atoms with E-state index in [1.165, 1.54) is 0 Å². The molecule has 0 unspecified atom stereocenters. The molecule has 1 aromatic rings. The molecular formula is C15H16BrClN2O2. The van der Waals surface area contributed by atoms with Gasteiger partial charge in [0.25, 0.3) is 0 Å². The lowest BCUT2D eigenvalue weighted by molar-refractivity contribution is -0.180. The predicted octanol–water partition coefficient (Wildman–Crippen LogP) is 4.09. The largest absolute Gasteiger partial charge is 0.367 e. The van der Waals surface area contributed by atoms with E-state index in [-0.39, 0.29) is 0 Å². The number of hydrogen-bond donors (Lipinski definition) is 1. The fourth-order valence-corrected chi connectivity index (χ4v) is 3.45. The number of anilines is 1. The highest BCUT2D eigenvalue weighted by Crippen LogP contribution is 2.41. The first kappa shape index (κ1) is 15.1. The minimum atomic E-state index is -0.576. The van der Waals surface area contributed by atoms with Crippen LogP contribution in [0.15, 0.2) is 22.7 Å². The summed E-state index contributed by atoms with van der Waals surface area (Å²) in [5.41, 5.74) is 0.311. The molecule has 2 fully saturated rings. The molecule has 0 atom stereocenters. The molecule has 1 aliphatic carbocycles. The molecule has 0 aromatic heterocycles. The van der Waals surface area contributed by atoms with Crippen LogP contribution >= 0.6 is 27.5 Å². The Bertz CT molecular complexity index is 572. The predicted molar refractivity (Wildman–Crippen MR) is 84.2 cm³/mol. The lowest BCUT2D eigenvalue weighted by Gasteiger charge is -2.40. The first-order chi connectivity index (χ1) is 10.1. The highest BCUT2D eigenvalue weighted by Gasteiger charge is 2.46. The van der Waals surface area contributed by atoms with Gasteiger partial charge in [0, 0.05) is 23.0 Å². The first-order valence-corrected chi connectivity index (χ1v) is 8.16. The molecule has 1 saturated carbocycles. The van der Waals surface area contributed by atoms with Crippen molar-refractivity contribution in [1.29, 1.82) is 5.26 Å². The van der Waals surface area contributed by atoms with Crippen LogP contribution in [0, 0.1) is 11.3 Å². The van der Waals surface area contributed by atoms with Gasteiger partial charge in [-0.3, -0.25) is 0 Å². The van der Waals surface area contributed by atoms with Crippen LogP contribution < -0.4 is 5.32 Å². The Balaban J connectivity index is 1.73. The number of nitrogens with one attached hydrogen (secondary N) is 1. The van der Waals surface area contributed by atoms with Crippen molar-refractivity contribution in [1.82, 2.24) is 0 Å². The Hall–Kier alpha value is -0.800. The van der Waals surface area contributed by atoms with Crippen molar-refractivity contribution in [2.24, 2.45) is 0 Å². The number of halogens is 2. The Labute approximate surface area is 137 Å². The van der Waals surface area contributed by atoms with Crippen LogP contribution in [0.1, 0.15) is 25.7 Å². The van der Waals surface area contributed by atoms with Crippen molar-refractivity contribution in [3.8, 4) is 6.07 Å². The van der Waals surface area contributed by atoms with Crippen LogP contribution in [0.5, 0.6) is 0 Å². The summed E-state index contributed by atoms with van der Waals surface area (Å²) in [6.07, 6.45) is 2.87. The minimum absolute atomic E-state index is 0.456. The number of hydrogen-bond acceptors (Lipinski definition) is 4. The third kappa shape index (κ3) is 3.04. The summed E-state index contributed by atoms with van der Waals surface area (Å²) in [4.78, 5) is 0. The fourth-order valence-electron chi connectivity index (χ4n) is 2.96. The maximum atomic E-state index is 9.63. The molecule has 0 amide bonds. The molecule has 0 bridgehead atoms. The Kier molecular flexibility index (Phi) is 4.15. The highest BCUT2D eigenvalue weighted by atomic mass is 79.9. The normalized spacial score (nSPS) is 22.9. The van der Waals surface area contributed by atoms with Gasteiger partial charge in [0.05, 0.1) is 24.3 Å². The molecule has 1 N–H and O–H groups in total. The van der Waals surface area contributed by atoms with Crippen LogP contribution in [0.2, 0.25) is 5.02 Å². The third-order valence-electron chi connectivity index (χ3n) is 4.20. The topological polar surface area (TPSA) is 54.3 Å². The van der Waals surface area contributed by atoms with Crippen LogP contribution in [-0.2, 0) is 9.47 Å². The molecule has 1 spiro atoms. The molecule has 1 saturated heterocycles. The summed E-state index contributed by atoms with van der Waals surface area (Å²) in [7, 11) is 0. The van der Waals surface area contributed by atoms with Gasteiger partial charge in [0.2, 0.25) is 0 Å². The molecule has 112 valence electrons. The summed E-state index contributed by atoms with van der Waals surface area (Å²) in [5, 5.41) is 13.6. The first-order valence-electron chi connectivity index (χ1n) is 6.99. The van der Waals surface area contributed by atoms with Crippen LogP contribution in [-0.4, -0.2) is 24.5 Å². The van der Waals surface area contributed by atoms with Gasteiger partial charge in [0.1, 0.15) is 5.54 Å². The van der Waals surface area contributed by atoms with E-state index in [1.807, 2.05) is 18.2 Å². The van der Waals surface area contributed by atoms with E-state index in [0.717, 1.165) is 23.0 Å². The lowest BCUT2D eigenvalue weighted by Crippen LogP contribution is -2.47. The van der Waals surface area contributed by atoms with Gasteiger partial charge in [-0.2, -0.15) is 5.26 Å². The Morgan fingerprint density at radius 1 is 1.19 bits per heavy atom. The van der Waals surface area contributed by atoms with E-state index in [4.69, 9.17) is 21.1 Å². The molecule has 4 nitrogen and oxygen atoms in total. The van der Waals surface area contributed by atoms with E-state index >= 15 is 0 Å². The third-order valence-corrected chi connectivity index (χ3v) is 5.41. The van der Waals surface area contributed by atoms with Gasteiger partial charge in [-0.05, 0) is 47.0 Å². The number of nitriles is 1. The summed E-state index contributed by atoms with van der Waals surface area (Å²) in [6, 6.07) is 8.03. The molecule has 2 aliphatic rings. The second-order valence-corrected chi connectivity index (χ2v) is 6.82. The monoisotopic (exact) mass is 370 g/mol. The average Bonchev–Trinajstić information content (AvgIpc) is 2.95. The Morgan fingerprint density at radius 3 is 2.43 bits per heavy atom. The quantitative estimate of drug-likeness (QED) is 0.850. The van der Waals surface area contributed by atoms with E-state index in [9.17, 15) is 5.26 Å². The van der Waals surface area contributed by atoms with Crippen LogP contribution in [0.25, 0.3) is 0 Å². The van der Waals surface area contributed by atoms with E-state index in [2.05, 4.69) is 27.3 Å². The van der Waals surface area contributed by atoms with Gasteiger partial charge < -0.3 is 14.8 Å². The summed E-state index contributed by atoms with van der Waals surface area (Å²) < 4.78 is 12.3. The van der Waals surface area contributed by atoms with Crippen LogP contribution in [0.4, 0.5) is 5.69 Å². The van der Waals surface area contributed by atoms with Gasteiger partial charge in [-0.15, -0.1) is 0 Å².